The Bertz CT molecular complexity index is 1270. The van der Waals surface area contributed by atoms with E-state index in [-0.39, 0.29) is 11.7 Å². The van der Waals surface area contributed by atoms with E-state index in [0.29, 0.717) is 30.3 Å². The van der Waals surface area contributed by atoms with Crippen molar-refractivity contribution in [3.63, 3.8) is 0 Å². The maximum absolute atomic E-state index is 12.6. The summed E-state index contributed by atoms with van der Waals surface area (Å²) in [6.07, 6.45) is 2.81. The molecule has 6 heteroatoms. The molecule has 0 bridgehead atoms. The second-order valence-electron chi connectivity index (χ2n) is 7.72. The summed E-state index contributed by atoms with van der Waals surface area (Å²) in [4.78, 5) is 30.8. The summed E-state index contributed by atoms with van der Waals surface area (Å²) in [6.45, 7) is 3.99. The van der Waals surface area contributed by atoms with E-state index in [1.54, 1.807) is 6.20 Å². The van der Waals surface area contributed by atoms with Crippen molar-refractivity contribution in [2.75, 3.05) is 5.32 Å². The lowest BCUT2D eigenvalue weighted by Crippen LogP contribution is -2.21. The second-order valence-corrected chi connectivity index (χ2v) is 7.72. The highest BCUT2D eigenvalue weighted by Crippen LogP contribution is 2.32. The molecule has 0 saturated carbocycles. The highest BCUT2D eigenvalue weighted by atomic mass is 16.1. The van der Waals surface area contributed by atoms with Crippen LogP contribution in [0.2, 0.25) is 0 Å². The number of benzene rings is 2. The van der Waals surface area contributed by atoms with E-state index in [4.69, 9.17) is 0 Å². The minimum atomic E-state index is 0.0880. The number of nitrogens with one attached hydrogen (secondary N) is 1. The van der Waals surface area contributed by atoms with Gasteiger partial charge in [-0.2, -0.15) is 0 Å². The summed E-state index contributed by atoms with van der Waals surface area (Å²) < 4.78 is 0. The van der Waals surface area contributed by atoms with E-state index in [0.717, 1.165) is 33.4 Å². The molecule has 148 valence electrons. The molecule has 0 fully saturated rings. The number of fused-ring (bicyclic) bond motifs is 2. The van der Waals surface area contributed by atoms with E-state index < -0.39 is 0 Å². The number of Topliss-reactive ketones (excluding diaryl/α,β-unsaturated/α-hetero) is 1. The molecule has 0 saturated heterocycles. The van der Waals surface area contributed by atoms with Crippen LogP contribution in [0.5, 0.6) is 0 Å². The molecule has 30 heavy (non-hydrogen) atoms. The SMILES string of the molecule is Cc1nc(Nc2ncc3c(n2)C[C@H](c2ccccc2)CC3=O)nc2c(C)cccc12. The predicted molar refractivity (Wildman–Crippen MR) is 116 cm³/mol. The molecule has 0 radical (unpaired) electrons. The average molecular weight is 395 g/mol. The van der Waals surface area contributed by atoms with Gasteiger partial charge in [0.05, 0.1) is 22.5 Å². The predicted octanol–water partition coefficient (Wildman–Crippen LogP) is 4.69. The van der Waals surface area contributed by atoms with E-state index in [1.807, 2.05) is 50.2 Å². The van der Waals surface area contributed by atoms with Gasteiger partial charge in [-0.05, 0) is 37.3 Å². The molecule has 0 amide bonds. The van der Waals surface area contributed by atoms with E-state index in [9.17, 15) is 4.79 Å². The average Bonchev–Trinajstić information content (AvgIpc) is 2.75. The molecule has 2 heterocycles. The number of aromatic nitrogens is 4. The Morgan fingerprint density at radius 2 is 1.73 bits per heavy atom. The van der Waals surface area contributed by atoms with E-state index in [2.05, 4.69) is 37.4 Å². The molecule has 2 aromatic carbocycles. The van der Waals surface area contributed by atoms with Crippen molar-refractivity contribution < 1.29 is 4.79 Å². The maximum Gasteiger partial charge on any atom is 0.230 e. The number of ketones is 1. The van der Waals surface area contributed by atoms with Gasteiger partial charge in [0.15, 0.2) is 5.78 Å². The Balaban J connectivity index is 1.47. The number of nitrogens with zero attached hydrogens (tertiary/aromatic N) is 4. The first-order chi connectivity index (χ1) is 14.6. The van der Waals surface area contributed by atoms with Crippen LogP contribution in [-0.2, 0) is 6.42 Å². The van der Waals surface area contributed by atoms with Crippen LogP contribution in [0.4, 0.5) is 11.9 Å². The number of rotatable bonds is 3. The van der Waals surface area contributed by atoms with Gasteiger partial charge in [0.1, 0.15) is 0 Å². The molecule has 4 aromatic rings. The summed E-state index contributed by atoms with van der Waals surface area (Å²) in [5.74, 6) is 1.08. The number of aryl methyl sites for hydroxylation is 2. The molecule has 6 nitrogen and oxygen atoms in total. The molecule has 1 atom stereocenters. The quantitative estimate of drug-likeness (QED) is 0.542. The Morgan fingerprint density at radius 1 is 0.900 bits per heavy atom. The van der Waals surface area contributed by atoms with E-state index >= 15 is 0 Å². The maximum atomic E-state index is 12.6. The number of hydrogen-bond acceptors (Lipinski definition) is 6. The van der Waals surface area contributed by atoms with Crippen LogP contribution >= 0.6 is 0 Å². The summed E-state index contributed by atoms with van der Waals surface area (Å²) >= 11 is 0. The molecule has 2 aromatic heterocycles. The van der Waals surface area contributed by atoms with Gasteiger partial charge in [0.2, 0.25) is 11.9 Å². The Kier molecular flexibility index (Phi) is 4.47. The fourth-order valence-corrected chi connectivity index (χ4v) is 4.07. The first-order valence-electron chi connectivity index (χ1n) is 10.0. The van der Waals surface area contributed by atoms with Crippen LogP contribution in [-0.4, -0.2) is 25.7 Å². The zero-order valence-electron chi connectivity index (χ0n) is 16.9. The standard InChI is InChI=1S/C24H21N5O/c1-14-7-6-10-18-15(2)26-24(28-22(14)18)29-23-25-13-19-20(27-23)11-17(12-21(19)30)16-8-4-3-5-9-16/h3-10,13,17H,11-12H2,1-2H3,(H,25,26,27,28,29)/t17-/m0/s1. The van der Waals surface area contributed by atoms with Gasteiger partial charge in [-0.3, -0.25) is 10.1 Å². The number of para-hydroxylation sites is 1. The zero-order chi connectivity index (χ0) is 20.7. The third-order valence-electron chi connectivity index (χ3n) is 5.65. The van der Waals surface area contributed by atoms with Gasteiger partial charge in [0, 0.05) is 18.0 Å². The van der Waals surface area contributed by atoms with Crippen LogP contribution in [0, 0.1) is 13.8 Å². The Morgan fingerprint density at radius 3 is 2.57 bits per heavy atom. The molecule has 1 aliphatic rings. The number of hydrogen-bond donors (Lipinski definition) is 1. The minimum absolute atomic E-state index is 0.0880. The molecule has 1 aliphatic carbocycles. The zero-order valence-corrected chi connectivity index (χ0v) is 16.9. The van der Waals surface area contributed by atoms with E-state index in [1.165, 1.54) is 0 Å². The molecular formula is C24H21N5O. The van der Waals surface area contributed by atoms with Crippen molar-refractivity contribution in [3.05, 3.63) is 82.8 Å². The van der Waals surface area contributed by atoms with Crippen LogP contribution in [0.15, 0.2) is 54.7 Å². The smallest absolute Gasteiger partial charge is 0.230 e. The fourth-order valence-electron chi connectivity index (χ4n) is 4.07. The van der Waals surface area contributed by atoms with Crippen molar-refractivity contribution in [1.82, 2.24) is 19.9 Å². The molecule has 5 rings (SSSR count). The molecular weight excluding hydrogens is 374 g/mol. The Labute approximate surface area is 174 Å². The van der Waals surface area contributed by atoms with Gasteiger partial charge in [-0.15, -0.1) is 0 Å². The van der Waals surface area contributed by atoms with Crippen LogP contribution in [0.25, 0.3) is 10.9 Å². The highest BCUT2D eigenvalue weighted by Gasteiger charge is 2.28. The van der Waals surface area contributed by atoms with Crippen molar-refractivity contribution in [1.29, 1.82) is 0 Å². The molecule has 0 spiro atoms. The lowest BCUT2D eigenvalue weighted by Gasteiger charge is -2.23. The normalized spacial score (nSPS) is 15.8. The summed E-state index contributed by atoms with van der Waals surface area (Å²) in [5.41, 5.74) is 5.43. The van der Waals surface area contributed by atoms with Crippen LogP contribution in [0.1, 0.15) is 45.2 Å². The molecule has 1 N–H and O–H groups in total. The van der Waals surface area contributed by atoms with Crippen LogP contribution in [0.3, 0.4) is 0 Å². The first-order valence-corrected chi connectivity index (χ1v) is 10.0. The largest absolute Gasteiger partial charge is 0.294 e. The molecule has 0 unspecified atom stereocenters. The van der Waals surface area contributed by atoms with Crippen LogP contribution < -0.4 is 5.32 Å². The minimum Gasteiger partial charge on any atom is -0.294 e. The summed E-state index contributed by atoms with van der Waals surface area (Å²) in [5, 5.41) is 4.16. The monoisotopic (exact) mass is 395 g/mol. The van der Waals surface area contributed by atoms with Gasteiger partial charge in [-0.1, -0.05) is 48.5 Å². The first kappa shape index (κ1) is 18.4. The summed E-state index contributed by atoms with van der Waals surface area (Å²) in [6, 6.07) is 16.2. The fraction of sp³-hybridized carbons (Fsp3) is 0.208. The number of carbonyl (C=O) groups is 1. The number of carbonyl (C=O) groups excluding carboxylic acids is 1. The third-order valence-corrected chi connectivity index (χ3v) is 5.65. The Hall–Kier alpha value is -3.67. The van der Waals surface area contributed by atoms with Crippen molar-refractivity contribution in [2.24, 2.45) is 0 Å². The van der Waals surface area contributed by atoms with Crippen molar-refractivity contribution in [3.8, 4) is 0 Å². The number of anilines is 2. The lowest BCUT2D eigenvalue weighted by molar-refractivity contribution is 0.0962. The lowest BCUT2D eigenvalue weighted by atomic mass is 9.82. The third kappa shape index (κ3) is 3.30. The highest BCUT2D eigenvalue weighted by molar-refractivity contribution is 5.98. The van der Waals surface area contributed by atoms with Gasteiger partial charge >= 0.3 is 0 Å². The van der Waals surface area contributed by atoms with Gasteiger partial charge in [0.25, 0.3) is 0 Å². The van der Waals surface area contributed by atoms with Crippen molar-refractivity contribution in [2.45, 2.75) is 32.6 Å². The molecule has 0 aliphatic heterocycles. The second kappa shape index (κ2) is 7.30. The van der Waals surface area contributed by atoms with Crippen molar-refractivity contribution >= 4 is 28.6 Å². The van der Waals surface area contributed by atoms with Gasteiger partial charge in [-0.25, -0.2) is 19.9 Å². The topological polar surface area (TPSA) is 80.7 Å². The van der Waals surface area contributed by atoms with Gasteiger partial charge < -0.3 is 0 Å². The summed E-state index contributed by atoms with van der Waals surface area (Å²) in [7, 11) is 0.